The van der Waals surface area contributed by atoms with Crippen LogP contribution in [0.25, 0.3) is 0 Å². The van der Waals surface area contributed by atoms with E-state index in [1.165, 1.54) is 12.8 Å². The van der Waals surface area contributed by atoms with Gasteiger partial charge in [0.1, 0.15) is 0 Å². The van der Waals surface area contributed by atoms with E-state index in [0.29, 0.717) is 5.91 Å². The molecule has 0 aromatic rings. The van der Waals surface area contributed by atoms with Crippen LogP contribution in [0.15, 0.2) is 0 Å². The van der Waals surface area contributed by atoms with E-state index < -0.39 is 0 Å². The Kier molecular flexibility index (Phi) is 5.38. The fraction of sp³-hybridized carbons (Fsp3) is 0.909. The molecular formula is C11H21NOS. The number of carbonyl (C=O) groups excluding carboxylic acids is 1. The van der Waals surface area contributed by atoms with E-state index >= 15 is 0 Å². The standard InChI is InChI=1S/C11H21NOS/c1-3-4-8-12(2)11(13)10-7-5-6-9-14-10/h10H,3-9H2,1-2H3. The molecule has 1 amide bonds. The van der Waals surface area contributed by atoms with E-state index in [0.717, 1.165) is 31.6 Å². The molecule has 1 rings (SSSR count). The molecule has 1 unspecified atom stereocenters. The van der Waals surface area contributed by atoms with Crippen LogP contribution in [0.4, 0.5) is 0 Å². The molecule has 3 heteroatoms. The molecular weight excluding hydrogens is 194 g/mol. The van der Waals surface area contributed by atoms with Crippen molar-refractivity contribution in [1.82, 2.24) is 4.90 Å². The SMILES string of the molecule is CCCCN(C)C(=O)C1CCCCS1. The van der Waals surface area contributed by atoms with Gasteiger partial charge in [0.2, 0.25) is 5.91 Å². The maximum atomic E-state index is 11.9. The van der Waals surface area contributed by atoms with Gasteiger partial charge in [-0.2, -0.15) is 0 Å². The molecule has 1 saturated heterocycles. The molecule has 2 nitrogen and oxygen atoms in total. The highest BCUT2D eigenvalue weighted by Gasteiger charge is 2.23. The van der Waals surface area contributed by atoms with Crippen LogP contribution >= 0.6 is 11.8 Å². The van der Waals surface area contributed by atoms with E-state index in [1.807, 2.05) is 23.7 Å². The Morgan fingerprint density at radius 2 is 2.29 bits per heavy atom. The molecule has 82 valence electrons. The molecule has 0 bridgehead atoms. The largest absolute Gasteiger partial charge is 0.345 e. The van der Waals surface area contributed by atoms with Crippen LogP contribution < -0.4 is 0 Å². The van der Waals surface area contributed by atoms with Gasteiger partial charge in [0.15, 0.2) is 0 Å². The zero-order valence-corrected chi connectivity index (χ0v) is 10.1. The zero-order valence-electron chi connectivity index (χ0n) is 9.29. The Hall–Kier alpha value is -0.180. The van der Waals surface area contributed by atoms with Gasteiger partial charge in [-0.25, -0.2) is 0 Å². The lowest BCUT2D eigenvalue weighted by Crippen LogP contribution is -2.36. The van der Waals surface area contributed by atoms with Gasteiger partial charge in [-0.1, -0.05) is 19.8 Å². The minimum Gasteiger partial charge on any atom is -0.345 e. The summed E-state index contributed by atoms with van der Waals surface area (Å²) in [6.07, 6.45) is 5.88. The summed E-state index contributed by atoms with van der Waals surface area (Å²) in [4.78, 5) is 13.8. The second-order valence-electron chi connectivity index (χ2n) is 3.97. The fourth-order valence-corrected chi connectivity index (χ4v) is 3.00. The van der Waals surface area contributed by atoms with E-state index in [2.05, 4.69) is 6.92 Å². The van der Waals surface area contributed by atoms with Crippen molar-refractivity contribution < 1.29 is 4.79 Å². The molecule has 1 fully saturated rings. The molecule has 1 heterocycles. The Balaban J connectivity index is 2.30. The summed E-state index contributed by atoms with van der Waals surface area (Å²) in [6, 6.07) is 0. The van der Waals surface area contributed by atoms with Crippen LogP contribution in [0.1, 0.15) is 39.0 Å². The van der Waals surface area contributed by atoms with Crippen LogP contribution in [-0.2, 0) is 4.79 Å². The summed E-state index contributed by atoms with van der Waals surface area (Å²) in [5.74, 6) is 1.51. The van der Waals surface area contributed by atoms with Crippen molar-refractivity contribution in [2.75, 3.05) is 19.3 Å². The second-order valence-corrected chi connectivity index (χ2v) is 5.28. The third-order valence-electron chi connectivity index (χ3n) is 2.68. The normalized spacial score (nSPS) is 22.0. The van der Waals surface area contributed by atoms with Crippen LogP contribution in [0, 0.1) is 0 Å². The smallest absolute Gasteiger partial charge is 0.235 e. The zero-order chi connectivity index (χ0) is 10.4. The van der Waals surface area contributed by atoms with Crippen LogP contribution in [0.2, 0.25) is 0 Å². The number of thioether (sulfide) groups is 1. The summed E-state index contributed by atoms with van der Waals surface area (Å²) < 4.78 is 0. The Morgan fingerprint density at radius 3 is 2.86 bits per heavy atom. The van der Waals surface area contributed by atoms with Crippen molar-refractivity contribution in [3.8, 4) is 0 Å². The number of rotatable bonds is 4. The van der Waals surface area contributed by atoms with E-state index in [4.69, 9.17) is 0 Å². The maximum Gasteiger partial charge on any atom is 0.235 e. The number of hydrogen-bond donors (Lipinski definition) is 0. The summed E-state index contributed by atoms with van der Waals surface area (Å²) >= 11 is 1.84. The lowest BCUT2D eigenvalue weighted by molar-refractivity contribution is -0.129. The molecule has 14 heavy (non-hydrogen) atoms. The molecule has 0 saturated carbocycles. The molecule has 0 aromatic heterocycles. The Morgan fingerprint density at radius 1 is 1.50 bits per heavy atom. The highest BCUT2D eigenvalue weighted by Crippen LogP contribution is 2.26. The topological polar surface area (TPSA) is 20.3 Å². The van der Waals surface area contributed by atoms with Gasteiger partial charge in [-0.15, -0.1) is 11.8 Å². The number of hydrogen-bond acceptors (Lipinski definition) is 2. The quantitative estimate of drug-likeness (QED) is 0.718. The lowest BCUT2D eigenvalue weighted by Gasteiger charge is -2.25. The third-order valence-corrected chi connectivity index (χ3v) is 4.04. The van der Waals surface area contributed by atoms with Gasteiger partial charge in [-0.05, 0) is 25.0 Å². The second kappa shape index (κ2) is 6.33. The van der Waals surface area contributed by atoms with Gasteiger partial charge in [0.25, 0.3) is 0 Å². The van der Waals surface area contributed by atoms with Crippen LogP contribution in [0.5, 0.6) is 0 Å². The summed E-state index contributed by atoms with van der Waals surface area (Å²) in [5, 5.41) is 0.255. The molecule has 0 spiro atoms. The average molecular weight is 215 g/mol. The summed E-state index contributed by atoms with van der Waals surface area (Å²) in [6.45, 7) is 3.08. The first-order valence-electron chi connectivity index (χ1n) is 5.62. The minimum absolute atomic E-state index is 0.255. The number of nitrogens with zero attached hydrogens (tertiary/aromatic N) is 1. The Bertz CT molecular complexity index is 178. The molecule has 0 aliphatic carbocycles. The summed E-state index contributed by atoms with van der Waals surface area (Å²) in [5.41, 5.74) is 0. The van der Waals surface area contributed by atoms with Crippen molar-refractivity contribution in [2.45, 2.75) is 44.3 Å². The van der Waals surface area contributed by atoms with Crippen LogP contribution in [0.3, 0.4) is 0 Å². The molecule has 0 aromatic carbocycles. The number of carbonyl (C=O) groups is 1. The van der Waals surface area contributed by atoms with Gasteiger partial charge in [0.05, 0.1) is 5.25 Å². The van der Waals surface area contributed by atoms with E-state index in [1.54, 1.807) is 0 Å². The number of amides is 1. The highest BCUT2D eigenvalue weighted by molar-refractivity contribution is 8.00. The van der Waals surface area contributed by atoms with Crippen molar-refractivity contribution in [2.24, 2.45) is 0 Å². The molecule has 1 aliphatic heterocycles. The third kappa shape index (κ3) is 3.52. The first-order valence-corrected chi connectivity index (χ1v) is 6.67. The van der Waals surface area contributed by atoms with Crippen molar-refractivity contribution >= 4 is 17.7 Å². The van der Waals surface area contributed by atoms with Crippen LogP contribution in [-0.4, -0.2) is 35.4 Å². The monoisotopic (exact) mass is 215 g/mol. The van der Waals surface area contributed by atoms with Gasteiger partial charge in [-0.3, -0.25) is 4.79 Å². The average Bonchev–Trinajstić information content (AvgIpc) is 2.26. The van der Waals surface area contributed by atoms with Crippen molar-refractivity contribution in [1.29, 1.82) is 0 Å². The Labute approximate surface area is 91.4 Å². The molecule has 0 N–H and O–H groups in total. The van der Waals surface area contributed by atoms with Crippen molar-refractivity contribution in [3.63, 3.8) is 0 Å². The van der Waals surface area contributed by atoms with Gasteiger partial charge < -0.3 is 4.90 Å². The van der Waals surface area contributed by atoms with Crippen molar-refractivity contribution in [3.05, 3.63) is 0 Å². The minimum atomic E-state index is 0.255. The first kappa shape index (κ1) is 11.9. The van der Waals surface area contributed by atoms with E-state index in [9.17, 15) is 4.79 Å². The predicted molar refractivity (Wildman–Crippen MR) is 62.6 cm³/mol. The summed E-state index contributed by atoms with van der Waals surface area (Å²) in [7, 11) is 1.94. The molecule has 1 aliphatic rings. The van der Waals surface area contributed by atoms with Gasteiger partial charge in [0, 0.05) is 13.6 Å². The van der Waals surface area contributed by atoms with E-state index in [-0.39, 0.29) is 5.25 Å². The lowest BCUT2D eigenvalue weighted by atomic mass is 10.1. The first-order chi connectivity index (χ1) is 6.75. The predicted octanol–water partition coefficient (Wildman–Crippen LogP) is 2.53. The van der Waals surface area contributed by atoms with Gasteiger partial charge >= 0.3 is 0 Å². The fourth-order valence-electron chi connectivity index (χ4n) is 1.69. The molecule has 0 radical (unpaired) electrons. The molecule has 1 atom stereocenters. The highest BCUT2D eigenvalue weighted by atomic mass is 32.2. The number of unbranched alkanes of at least 4 members (excludes halogenated alkanes) is 1. The maximum absolute atomic E-state index is 11.9.